The van der Waals surface area contributed by atoms with Crippen LogP contribution in [0.5, 0.6) is 0 Å². The van der Waals surface area contributed by atoms with Crippen molar-refractivity contribution in [3.8, 4) is 0 Å². The highest BCUT2D eigenvalue weighted by Gasteiger charge is 2.28. The monoisotopic (exact) mass is 388 g/mol. The van der Waals surface area contributed by atoms with Crippen molar-refractivity contribution in [2.45, 2.75) is 58.7 Å². The molecule has 0 saturated heterocycles. The normalized spacial score (nSPS) is 20.5. The van der Waals surface area contributed by atoms with E-state index in [2.05, 4.69) is 31.0 Å². The molecule has 1 saturated carbocycles. The summed E-state index contributed by atoms with van der Waals surface area (Å²) in [5, 5.41) is 18.0. The first-order valence-electron chi connectivity index (χ1n) is 9.78. The predicted octanol–water partition coefficient (Wildman–Crippen LogP) is 0.306. The summed E-state index contributed by atoms with van der Waals surface area (Å²) in [7, 11) is 0. The molecule has 28 heavy (non-hydrogen) atoms. The molecule has 0 aliphatic heterocycles. The van der Waals surface area contributed by atoms with Crippen LogP contribution in [0.4, 0.5) is 0 Å². The van der Waals surface area contributed by atoms with Gasteiger partial charge in [-0.05, 0) is 32.6 Å². The molecule has 1 atom stereocenters. The number of hydrogen-bond donors (Lipinski definition) is 2. The highest BCUT2D eigenvalue weighted by molar-refractivity contribution is 5.79. The summed E-state index contributed by atoms with van der Waals surface area (Å²) in [4.78, 5) is 28.6. The van der Waals surface area contributed by atoms with Crippen LogP contribution in [-0.2, 0) is 22.7 Å². The van der Waals surface area contributed by atoms with Crippen molar-refractivity contribution in [1.29, 1.82) is 0 Å². The average Bonchev–Trinajstić information content (AvgIpc) is 3.34. The molecule has 1 aliphatic rings. The predicted molar refractivity (Wildman–Crippen MR) is 101 cm³/mol. The van der Waals surface area contributed by atoms with Gasteiger partial charge in [-0.15, -0.1) is 5.10 Å². The number of hydrogen-bond acceptors (Lipinski definition) is 6. The second-order valence-electron chi connectivity index (χ2n) is 7.49. The van der Waals surface area contributed by atoms with Gasteiger partial charge in [0, 0.05) is 24.7 Å². The molecule has 0 spiro atoms. The van der Waals surface area contributed by atoms with Gasteiger partial charge in [-0.2, -0.15) is 5.10 Å². The minimum atomic E-state index is -0.178. The van der Waals surface area contributed by atoms with E-state index in [4.69, 9.17) is 0 Å². The van der Waals surface area contributed by atoms with Crippen LogP contribution in [0.3, 0.4) is 0 Å². The number of aromatic nitrogens is 6. The van der Waals surface area contributed by atoms with Crippen LogP contribution in [0.25, 0.3) is 0 Å². The van der Waals surface area contributed by atoms with Crippen molar-refractivity contribution in [2.75, 3.05) is 6.54 Å². The van der Waals surface area contributed by atoms with Gasteiger partial charge in [-0.3, -0.25) is 19.0 Å². The third kappa shape index (κ3) is 5.61. The average molecular weight is 388 g/mol. The summed E-state index contributed by atoms with van der Waals surface area (Å²) in [5.41, 5.74) is 0.863. The van der Waals surface area contributed by atoms with Gasteiger partial charge in [0.1, 0.15) is 12.7 Å². The molecule has 2 aromatic heterocycles. The van der Waals surface area contributed by atoms with Gasteiger partial charge in [-0.25, -0.2) is 4.98 Å². The summed E-state index contributed by atoms with van der Waals surface area (Å²) in [6.45, 7) is 5.43. The Morgan fingerprint density at radius 3 is 2.68 bits per heavy atom. The lowest BCUT2D eigenvalue weighted by Gasteiger charge is -2.29. The van der Waals surface area contributed by atoms with Crippen LogP contribution < -0.4 is 10.6 Å². The zero-order chi connectivity index (χ0) is 19.9. The Labute approximate surface area is 164 Å². The van der Waals surface area contributed by atoms with Gasteiger partial charge in [0.25, 0.3) is 0 Å². The molecule has 1 fully saturated rings. The van der Waals surface area contributed by atoms with Gasteiger partial charge in [0.15, 0.2) is 0 Å². The number of aryl methyl sites for hydroxylation is 1. The van der Waals surface area contributed by atoms with Crippen LogP contribution in [0.1, 0.15) is 38.3 Å². The van der Waals surface area contributed by atoms with Gasteiger partial charge in [0.05, 0.1) is 24.7 Å². The summed E-state index contributed by atoms with van der Waals surface area (Å²) in [6, 6.07) is 0.132. The fourth-order valence-corrected chi connectivity index (χ4v) is 3.48. The second-order valence-corrected chi connectivity index (χ2v) is 7.49. The molecule has 2 N–H and O–H groups in total. The molecule has 1 unspecified atom stereocenters. The minimum Gasteiger partial charge on any atom is -0.354 e. The molecule has 1 aliphatic carbocycles. The Morgan fingerprint density at radius 2 is 2.04 bits per heavy atom. The third-order valence-electron chi connectivity index (χ3n) is 5.11. The second kappa shape index (κ2) is 9.43. The number of nitrogens with zero attached hydrogens (tertiary/aromatic N) is 6. The first-order valence-corrected chi connectivity index (χ1v) is 9.78. The number of amides is 2. The number of rotatable bonds is 8. The van der Waals surface area contributed by atoms with Crippen molar-refractivity contribution >= 4 is 11.8 Å². The van der Waals surface area contributed by atoms with E-state index in [1.807, 2.05) is 20.0 Å². The molecule has 0 aromatic carbocycles. The maximum absolute atomic E-state index is 12.4. The van der Waals surface area contributed by atoms with E-state index in [1.165, 1.54) is 6.33 Å². The van der Waals surface area contributed by atoms with Crippen LogP contribution >= 0.6 is 0 Å². The molecule has 2 amide bonds. The van der Waals surface area contributed by atoms with Gasteiger partial charge >= 0.3 is 0 Å². The van der Waals surface area contributed by atoms with E-state index in [0.29, 0.717) is 19.6 Å². The molecule has 2 heterocycles. The quantitative estimate of drug-likeness (QED) is 0.671. The Morgan fingerprint density at radius 1 is 1.25 bits per heavy atom. The van der Waals surface area contributed by atoms with E-state index in [9.17, 15) is 9.59 Å². The lowest BCUT2D eigenvalue weighted by atomic mass is 9.85. The lowest BCUT2D eigenvalue weighted by Crippen LogP contribution is -2.43. The van der Waals surface area contributed by atoms with Crippen LogP contribution in [0.15, 0.2) is 18.9 Å². The fraction of sp³-hybridized carbons (Fsp3) is 0.667. The van der Waals surface area contributed by atoms with Gasteiger partial charge < -0.3 is 10.6 Å². The number of carbonyl (C=O) groups is 2. The van der Waals surface area contributed by atoms with Crippen LogP contribution in [-0.4, -0.2) is 54.2 Å². The Bertz CT molecular complexity index is 764. The van der Waals surface area contributed by atoms with E-state index < -0.39 is 0 Å². The van der Waals surface area contributed by atoms with Crippen LogP contribution in [0.2, 0.25) is 0 Å². The largest absolute Gasteiger partial charge is 0.354 e. The third-order valence-corrected chi connectivity index (χ3v) is 5.11. The summed E-state index contributed by atoms with van der Waals surface area (Å²) >= 11 is 0. The van der Waals surface area contributed by atoms with Crippen molar-refractivity contribution < 1.29 is 9.59 Å². The summed E-state index contributed by atoms with van der Waals surface area (Å²) < 4.78 is 3.38. The highest BCUT2D eigenvalue weighted by atomic mass is 16.2. The van der Waals surface area contributed by atoms with E-state index in [1.54, 1.807) is 15.7 Å². The number of nitrogens with one attached hydrogen (secondary N) is 2. The molecular formula is C18H28N8O2. The molecule has 152 valence electrons. The zero-order valence-corrected chi connectivity index (χ0v) is 16.4. The minimum absolute atomic E-state index is 0.0122. The molecule has 0 radical (unpaired) electrons. The SMILES string of the molecule is Cc1cn(CCNC(=O)C2CCC(NC(=O)C(C)Cn3cncn3)CC2)nn1. The maximum Gasteiger partial charge on any atom is 0.224 e. The number of carbonyl (C=O) groups excluding carboxylic acids is 2. The smallest absolute Gasteiger partial charge is 0.224 e. The van der Waals surface area contributed by atoms with E-state index in [-0.39, 0.29) is 29.7 Å². The topological polar surface area (TPSA) is 120 Å². The molecule has 10 heteroatoms. The van der Waals surface area contributed by atoms with Crippen molar-refractivity contribution in [2.24, 2.45) is 11.8 Å². The zero-order valence-electron chi connectivity index (χ0n) is 16.4. The van der Waals surface area contributed by atoms with Crippen molar-refractivity contribution in [3.63, 3.8) is 0 Å². The van der Waals surface area contributed by atoms with E-state index >= 15 is 0 Å². The molecular weight excluding hydrogens is 360 g/mol. The van der Waals surface area contributed by atoms with Crippen LogP contribution in [0, 0.1) is 18.8 Å². The Kier molecular flexibility index (Phi) is 6.72. The molecule has 2 aromatic rings. The standard InChI is InChI=1S/C18H28N8O2/c1-13(9-26-12-19-11-21-26)17(27)22-16-5-3-15(4-6-16)18(28)20-7-8-25-10-14(2)23-24-25/h10-13,15-16H,3-9H2,1-2H3,(H,20,28)(H,22,27). The molecule has 10 nitrogen and oxygen atoms in total. The lowest BCUT2D eigenvalue weighted by molar-refractivity contribution is -0.126. The maximum atomic E-state index is 12.4. The van der Waals surface area contributed by atoms with E-state index in [0.717, 1.165) is 31.4 Å². The van der Waals surface area contributed by atoms with Crippen molar-refractivity contribution in [1.82, 2.24) is 40.4 Å². The Balaban J connectivity index is 1.34. The van der Waals surface area contributed by atoms with Crippen molar-refractivity contribution in [3.05, 3.63) is 24.5 Å². The fourth-order valence-electron chi connectivity index (χ4n) is 3.48. The molecule has 0 bridgehead atoms. The molecule has 3 rings (SSSR count). The Hall–Kier alpha value is -2.78. The first kappa shape index (κ1) is 20.0. The van der Waals surface area contributed by atoms with Gasteiger partial charge in [0.2, 0.25) is 11.8 Å². The summed E-state index contributed by atoms with van der Waals surface area (Å²) in [6.07, 6.45) is 8.14. The van der Waals surface area contributed by atoms with Gasteiger partial charge in [-0.1, -0.05) is 12.1 Å². The first-order chi connectivity index (χ1) is 13.5. The highest BCUT2D eigenvalue weighted by Crippen LogP contribution is 2.24. The summed E-state index contributed by atoms with van der Waals surface area (Å²) in [5.74, 6) is -0.0611.